The van der Waals surface area contributed by atoms with E-state index in [0.717, 1.165) is 28.6 Å². The van der Waals surface area contributed by atoms with Crippen LogP contribution in [0.15, 0.2) is 0 Å². The molecule has 1 saturated carbocycles. The highest BCUT2D eigenvalue weighted by Gasteiger charge is 2.28. The molecule has 0 amide bonds. The lowest BCUT2D eigenvalue weighted by molar-refractivity contribution is -0.139. The molecular weight excluding hydrogens is 276 g/mol. The highest BCUT2D eigenvalue weighted by molar-refractivity contribution is 7.16. The Morgan fingerprint density at radius 1 is 1.45 bits per heavy atom. The second-order valence-corrected chi connectivity index (χ2v) is 7.33. The summed E-state index contributed by atoms with van der Waals surface area (Å²) in [5.41, 5.74) is -0.300. The van der Waals surface area contributed by atoms with Crippen LogP contribution in [0.3, 0.4) is 0 Å². The summed E-state index contributed by atoms with van der Waals surface area (Å²) in [4.78, 5) is 11.7. The van der Waals surface area contributed by atoms with Crippen molar-refractivity contribution in [3.8, 4) is 0 Å². The molecule has 3 rings (SSSR count). The number of aliphatic carboxylic acids is 1. The first kappa shape index (κ1) is 13.5. The summed E-state index contributed by atoms with van der Waals surface area (Å²) >= 11 is 1.51. The highest BCUT2D eigenvalue weighted by atomic mass is 32.1. The number of rotatable bonds is 5. The van der Waals surface area contributed by atoms with Crippen LogP contribution in [-0.2, 0) is 11.2 Å². The van der Waals surface area contributed by atoms with Crippen molar-refractivity contribution in [2.24, 2.45) is 5.41 Å². The van der Waals surface area contributed by atoms with Crippen molar-refractivity contribution in [1.82, 2.24) is 19.8 Å². The minimum Gasteiger partial charge on any atom is -0.481 e. The topological polar surface area (TPSA) is 80.4 Å². The monoisotopic (exact) mass is 294 g/mol. The van der Waals surface area contributed by atoms with Gasteiger partial charge in [0, 0.05) is 12.3 Å². The molecule has 0 spiro atoms. The van der Waals surface area contributed by atoms with E-state index in [9.17, 15) is 4.79 Å². The number of carboxylic acids is 1. The zero-order chi connectivity index (χ0) is 14.3. The Labute approximate surface area is 120 Å². The third-order valence-electron chi connectivity index (χ3n) is 3.79. The Hall–Kier alpha value is -1.50. The fraction of sp³-hybridized carbons (Fsp3) is 0.692. The standard InChI is InChI=1S/C13H18N4O2S/c1-13(2,7-10(18)19)6-9-16-17-11(8-4-3-5-8)14-15-12(17)20-9/h8H,3-7H2,1-2H3,(H,18,19). The van der Waals surface area contributed by atoms with E-state index >= 15 is 0 Å². The average Bonchev–Trinajstić information content (AvgIpc) is 2.74. The van der Waals surface area contributed by atoms with Gasteiger partial charge in [0.05, 0.1) is 6.42 Å². The summed E-state index contributed by atoms with van der Waals surface area (Å²) in [7, 11) is 0. The van der Waals surface area contributed by atoms with Crippen molar-refractivity contribution >= 4 is 22.3 Å². The van der Waals surface area contributed by atoms with Crippen LogP contribution in [0.4, 0.5) is 0 Å². The molecule has 0 radical (unpaired) electrons. The number of fused-ring (bicyclic) bond motifs is 1. The minimum atomic E-state index is -0.770. The second-order valence-electron chi connectivity index (χ2n) is 6.29. The molecule has 1 N–H and O–H groups in total. The quantitative estimate of drug-likeness (QED) is 0.916. The van der Waals surface area contributed by atoms with Crippen LogP contribution in [0.25, 0.3) is 4.96 Å². The Morgan fingerprint density at radius 2 is 2.20 bits per heavy atom. The molecule has 0 unspecified atom stereocenters. The fourth-order valence-electron chi connectivity index (χ4n) is 2.55. The van der Waals surface area contributed by atoms with Crippen LogP contribution in [0.1, 0.15) is 56.3 Å². The lowest BCUT2D eigenvalue weighted by atomic mass is 9.85. The first-order valence-corrected chi connectivity index (χ1v) is 7.69. The van der Waals surface area contributed by atoms with E-state index < -0.39 is 5.97 Å². The van der Waals surface area contributed by atoms with E-state index in [1.807, 2.05) is 18.4 Å². The summed E-state index contributed by atoms with van der Waals surface area (Å²) in [5.74, 6) is 0.685. The van der Waals surface area contributed by atoms with Crippen LogP contribution < -0.4 is 0 Å². The van der Waals surface area contributed by atoms with Crippen LogP contribution >= 0.6 is 11.3 Å². The van der Waals surface area contributed by atoms with E-state index in [4.69, 9.17) is 5.11 Å². The van der Waals surface area contributed by atoms with Gasteiger partial charge < -0.3 is 5.11 Å². The van der Waals surface area contributed by atoms with Crippen LogP contribution in [0.2, 0.25) is 0 Å². The van der Waals surface area contributed by atoms with Crippen LogP contribution in [0, 0.1) is 5.41 Å². The molecule has 0 bridgehead atoms. The molecule has 108 valence electrons. The molecule has 2 aromatic rings. The highest BCUT2D eigenvalue weighted by Crippen LogP contribution is 2.36. The van der Waals surface area contributed by atoms with Gasteiger partial charge in [0.15, 0.2) is 5.82 Å². The Morgan fingerprint density at radius 3 is 2.80 bits per heavy atom. The van der Waals surface area contributed by atoms with Gasteiger partial charge in [-0.25, -0.2) is 0 Å². The molecule has 2 heterocycles. The van der Waals surface area contributed by atoms with E-state index in [1.54, 1.807) is 0 Å². The molecule has 1 fully saturated rings. The predicted octanol–water partition coefficient (Wildman–Crippen LogP) is 2.50. The molecule has 0 atom stereocenters. The van der Waals surface area contributed by atoms with Crippen LogP contribution in [-0.4, -0.2) is 30.9 Å². The van der Waals surface area contributed by atoms with Crippen molar-refractivity contribution in [3.05, 3.63) is 10.8 Å². The molecular formula is C13H18N4O2S. The predicted molar refractivity (Wildman–Crippen MR) is 75.0 cm³/mol. The summed E-state index contributed by atoms with van der Waals surface area (Å²) in [6, 6.07) is 0. The zero-order valence-corrected chi connectivity index (χ0v) is 12.5. The van der Waals surface area contributed by atoms with Gasteiger partial charge >= 0.3 is 5.97 Å². The normalized spacial score (nSPS) is 16.5. The second kappa shape index (κ2) is 4.80. The number of carboxylic acid groups (broad SMARTS) is 1. The average molecular weight is 294 g/mol. The fourth-order valence-corrected chi connectivity index (χ4v) is 3.64. The number of carbonyl (C=O) groups is 1. The zero-order valence-electron chi connectivity index (χ0n) is 11.7. The maximum absolute atomic E-state index is 10.9. The number of hydrogen-bond acceptors (Lipinski definition) is 5. The van der Waals surface area contributed by atoms with E-state index in [2.05, 4.69) is 15.3 Å². The van der Waals surface area contributed by atoms with Gasteiger partial charge in [0.1, 0.15) is 5.01 Å². The summed E-state index contributed by atoms with van der Waals surface area (Å²) < 4.78 is 1.85. The van der Waals surface area contributed by atoms with Crippen molar-refractivity contribution in [3.63, 3.8) is 0 Å². The van der Waals surface area contributed by atoms with E-state index in [1.165, 1.54) is 17.8 Å². The molecule has 6 nitrogen and oxygen atoms in total. The molecule has 0 saturated heterocycles. The molecule has 20 heavy (non-hydrogen) atoms. The van der Waals surface area contributed by atoms with Gasteiger partial charge in [-0.15, -0.1) is 10.2 Å². The Kier molecular flexibility index (Phi) is 3.24. The lowest BCUT2D eigenvalue weighted by Gasteiger charge is -2.22. The molecule has 1 aliphatic carbocycles. The minimum absolute atomic E-state index is 0.141. The van der Waals surface area contributed by atoms with Gasteiger partial charge in [0.25, 0.3) is 0 Å². The molecule has 7 heteroatoms. The van der Waals surface area contributed by atoms with Gasteiger partial charge in [-0.1, -0.05) is 31.6 Å². The largest absolute Gasteiger partial charge is 0.481 e. The SMILES string of the molecule is CC(C)(CC(=O)O)Cc1nn2c(C3CCC3)nnc2s1. The first-order chi connectivity index (χ1) is 9.44. The van der Waals surface area contributed by atoms with Gasteiger partial charge in [-0.05, 0) is 18.3 Å². The summed E-state index contributed by atoms with van der Waals surface area (Å²) in [6.07, 6.45) is 4.37. The summed E-state index contributed by atoms with van der Waals surface area (Å²) in [5, 5.41) is 22.9. The molecule has 2 aromatic heterocycles. The molecule has 0 aromatic carbocycles. The number of nitrogens with zero attached hydrogens (tertiary/aromatic N) is 4. The van der Waals surface area contributed by atoms with Gasteiger partial charge in [-0.3, -0.25) is 4.79 Å². The van der Waals surface area contributed by atoms with Gasteiger partial charge in [0.2, 0.25) is 4.96 Å². The van der Waals surface area contributed by atoms with Crippen molar-refractivity contribution in [2.75, 3.05) is 0 Å². The van der Waals surface area contributed by atoms with E-state index in [0.29, 0.717) is 12.3 Å². The third kappa shape index (κ3) is 2.54. The number of aromatic nitrogens is 4. The maximum atomic E-state index is 10.9. The Bertz CT molecular complexity index is 642. The summed E-state index contributed by atoms with van der Waals surface area (Å²) in [6.45, 7) is 3.91. The molecule has 0 aliphatic heterocycles. The van der Waals surface area contributed by atoms with E-state index in [-0.39, 0.29) is 11.8 Å². The third-order valence-corrected chi connectivity index (χ3v) is 4.69. The smallest absolute Gasteiger partial charge is 0.303 e. The lowest BCUT2D eigenvalue weighted by Crippen LogP contribution is -2.20. The van der Waals surface area contributed by atoms with Crippen molar-refractivity contribution in [2.45, 2.75) is 51.9 Å². The van der Waals surface area contributed by atoms with Crippen molar-refractivity contribution in [1.29, 1.82) is 0 Å². The Balaban J connectivity index is 1.82. The van der Waals surface area contributed by atoms with Crippen LogP contribution in [0.5, 0.6) is 0 Å². The van der Waals surface area contributed by atoms with Crippen molar-refractivity contribution < 1.29 is 9.90 Å². The van der Waals surface area contributed by atoms with Gasteiger partial charge in [-0.2, -0.15) is 9.61 Å². The molecule has 1 aliphatic rings. The maximum Gasteiger partial charge on any atom is 0.303 e. The number of hydrogen-bond donors (Lipinski definition) is 1. The first-order valence-electron chi connectivity index (χ1n) is 6.87.